The van der Waals surface area contributed by atoms with Gasteiger partial charge in [-0.2, -0.15) is 0 Å². The molecular formula is C10H12N2OS2. The van der Waals surface area contributed by atoms with Crippen molar-refractivity contribution in [3.8, 4) is 0 Å². The summed E-state index contributed by atoms with van der Waals surface area (Å²) in [5.41, 5.74) is 1.29. The molecule has 0 aromatic carbocycles. The zero-order valence-corrected chi connectivity index (χ0v) is 10.1. The Balaban J connectivity index is 1.80. The molecule has 3 nitrogen and oxygen atoms in total. The van der Waals surface area contributed by atoms with E-state index in [4.69, 9.17) is 4.74 Å². The maximum Gasteiger partial charge on any atom is 0.128 e. The van der Waals surface area contributed by atoms with Crippen molar-refractivity contribution in [3.63, 3.8) is 0 Å². The molecule has 1 aromatic heterocycles. The van der Waals surface area contributed by atoms with Gasteiger partial charge in [-0.05, 0) is 12.1 Å². The summed E-state index contributed by atoms with van der Waals surface area (Å²) in [6.45, 7) is 0.770. The van der Waals surface area contributed by atoms with Crippen LogP contribution in [0.5, 0.6) is 0 Å². The first-order valence-electron chi connectivity index (χ1n) is 4.65. The van der Waals surface area contributed by atoms with E-state index >= 15 is 0 Å². The lowest BCUT2D eigenvalue weighted by Gasteiger charge is -2.04. The quantitative estimate of drug-likeness (QED) is 0.812. The number of pyridine rings is 1. The first-order valence-corrected chi connectivity index (χ1v) is 6.51. The van der Waals surface area contributed by atoms with E-state index in [1.165, 1.54) is 0 Å². The molecule has 5 heteroatoms. The van der Waals surface area contributed by atoms with Crippen LogP contribution in [-0.2, 0) is 10.5 Å². The van der Waals surface area contributed by atoms with Crippen LogP contribution in [0.4, 0.5) is 0 Å². The normalized spacial score (nSPS) is 20.3. The van der Waals surface area contributed by atoms with Crippen LogP contribution < -0.4 is 0 Å². The van der Waals surface area contributed by atoms with E-state index < -0.39 is 0 Å². The lowest BCUT2D eigenvalue weighted by Crippen LogP contribution is -2.04. The van der Waals surface area contributed by atoms with E-state index in [0.29, 0.717) is 0 Å². The van der Waals surface area contributed by atoms with Gasteiger partial charge in [-0.1, -0.05) is 29.6 Å². The van der Waals surface area contributed by atoms with Gasteiger partial charge in [0.25, 0.3) is 0 Å². The zero-order chi connectivity index (χ0) is 10.5. The Morgan fingerprint density at radius 2 is 2.53 bits per heavy atom. The Kier molecular flexibility index (Phi) is 4.05. The van der Waals surface area contributed by atoms with Crippen LogP contribution in [-0.4, -0.2) is 28.5 Å². The van der Waals surface area contributed by atoms with E-state index in [1.54, 1.807) is 30.6 Å². The van der Waals surface area contributed by atoms with Crippen LogP contribution in [0, 0.1) is 0 Å². The highest BCUT2D eigenvalue weighted by Crippen LogP contribution is 2.29. The fraction of sp³-hybridized carbons (Fsp3) is 0.400. The van der Waals surface area contributed by atoms with E-state index in [2.05, 4.69) is 9.98 Å². The van der Waals surface area contributed by atoms with Gasteiger partial charge in [0.15, 0.2) is 0 Å². The third-order valence-electron chi connectivity index (χ3n) is 1.93. The average molecular weight is 240 g/mol. The standard InChI is InChI=1S/C10H12N2OS2/c1-13-9-6-12-10(15-9)14-7-8-4-2-3-5-11-8/h2-5,9H,6-7H2,1H3. The Bertz CT molecular complexity index is 343. The molecule has 0 spiro atoms. The van der Waals surface area contributed by atoms with Crippen molar-refractivity contribution in [2.75, 3.05) is 13.7 Å². The molecular weight excluding hydrogens is 228 g/mol. The van der Waals surface area contributed by atoms with Gasteiger partial charge < -0.3 is 4.74 Å². The smallest absolute Gasteiger partial charge is 0.128 e. The van der Waals surface area contributed by atoms with Crippen LogP contribution in [0.1, 0.15) is 5.69 Å². The summed E-state index contributed by atoms with van der Waals surface area (Å²) >= 11 is 3.42. The number of ether oxygens (including phenoxy) is 1. The molecule has 0 amide bonds. The highest BCUT2D eigenvalue weighted by molar-refractivity contribution is 8.39. The molecule has 1 atom stereocenters. The van der Waals surface area contributed by atoms with Crippen LogP contribution >= 0.6 is 23.5 Å². The van der Waals surface area contributed by atoms with Crippen LogP contribution in [0.3, 0.4) is 0 Å². The summed E-state index contributed by atoms with van der Waals surface area (Å²) in [5.74, 6) is 0.878. The second-order valence-electron chi connectivity index (χ2n) is 3.00. The van der Waals surface area contributed by atoms with Gasteiger partial charge in [-0.3, -0.25) is 9.98 Å². The molecule has 0 saturated heterocycles. The molecule has 0 radical (unpaired) electrons. The topological polar surface area (TPSA) is 34.5 Å². The van der Waals surface area contributed by atoms with Gasteiger partial charge in [-0.25, -0.2) is 0 Å². The van der Waals surface area contributed by atoms with Crippen molar-refractivity contribution >= 4 is 27.9 Å². The van der Waals surface area contributed by atoms with E-state index in [9.17, 15) is 0 Å². The molecule has 80 valence electrons. The maximum atomic E-state index is 5.21. The molecule has 2 rings (SSSR count). The van der Waals surface area contributed by atoms with Crippen molar-refractivity contribution in [1.29, 1.82) is 0 Å². The van der Waals surface area contributed by atoms with Crippen molar-refractivity contribution in [2.45, 2.75) is 11.2 Å². The minimum atomic E-state index is 0.205. The van der Waals surface area contributed by atoms with E-state index in [1.807, 2.05) is 24.4 Å². The Hall–Kier alpha value is -0.520. The number of methoxy groups -OCH3 is 1. The first-order chi connectivity index (χ1) is 7.38. The summed E-state index contributed by atoms with van der Waals surface area (Å²) < 4.78 is 6.32. The number of thioether (sulfide) groups is 2. The number of rotatable bonds is 3. The fourth-order valence-corrected chi connectivity index (χ4v) is 3.16. The maximum absolute atomic E-state index is 5.21. The molecule has 1 aliphatic rings. The molecule has 1 aliphatic heterocycles. The lowest BCUT2D eigenvalue weighted by atomic mass is 10.4. The molecule has 1 unspecified atom stereocenters. The van der Waals surface area contributed by atoms with Gasteiger partial charge in [0.1, 0.15) is 9.81 Å². The Morgan fingerprint density at radius 1 is 1.60 bits per heavy atom. The van der Waals surface area contributed by atoms with Gasteiger partial charge >= 0.3 is 0 Å². The number of aromatic nitrogens is 1. The molecule has 15 heavy (non-hydrogen) atoms. The molecule has 0 fully saturated rings. The summed E-state index contributed by atoms with van der Waals surface area (Å²) in [6.07, 6.45) is 1.82. The molecule has 0 saturated carbocycles. The summed E-state index contributed by atoms with van der Waals surface area (Å²) in [5, 5.41) is 0. The van der Waals surface area contributed by atoms with Gasteiger partial charge in [-0.15, -0.1) is 0 Å². The second-order valence-corrected chi connectivity index (χ2v) is 5.37. The fourth-order valence-electron chi connectivity index (χ4n) is 1.16. The van der Waals surface area contributed by atoms with Crippen LogP contribution in [0.25, 0.3) is 0 Å². The third-order valence-corrected chi connectivity index (χ3v) is 4.33. The number of aliphatic imine (C=N–C) groups is 1. The summed E-state index contributed by atoms with van der Waals surface area (Å²) in [7, 11) is 1.72. The molecule has 0 aliphatic carbocycles. The minimum absolute atomic E-state index is 0.205. The van der Waals surface area contributed by atoms with E-state index in [0.717, 1.165) is 22.4 Å². The SMILES string of the molecule is COC1CN=C(SCc2ccccn2)S1. The van der Waals surface area contributed by atoms with Crippen molar-refractivity contribution in [2.24, 2.45) is 4.99 Å². The molecule has 0 bridgehead atoms. The monoisotopic (exact) mass is 240 g/mol. The zero-order valence-electron chi connectivity index (χ0n) is 8.42. The molecule has 0 N–H and O–H groups in total. The Morgan fingerprint density at radius 3 is 3.20 bits per heavy atom. The number of nitrogens with zero attached hydrogens (tertiary/aromatic N) is 2. The van der Waals surface area contributed by atoms with Crippen molar-refractivity contribution in [3.05, 3.63) is 30.1 Å². The van der Waals surface area contributed by atoms with Crippen LogP contribution in [0.2, 0.25) is 0 Å². The van der Waals surface area contributed by atoms with Crippen molar-refractivity contribution < 1.29 is 4.74 Å². The van der Waals surface area contributed by atoms with E-state index in [-0.39, 0.29) is 5.44 Å². The highest BCUT2D eigenvalue weighted by atomic mass is 32.2. The largest absolute Gasteiger partial charge is 0.368 e. The third kappa shape index (κ3) is 3.22. The minimum Gasteiger partial charge on any atom is -0.368 e. The molecule has 1 aromatic rings. The number of hydrogen-bond donors (Lipinski definition) is 0. The average Bonchev–Trinajstić information content (AvgIpc) is 2.76. The highest BCUT2D eigenvalue weighted by Gasteiger charge is 2.18. The predicted molar refractivity (Wildman–Crippen MR) is 66.2 cm³/mol. The summed E-state index contributed by atoms with van der Waals surface area (Å²) in [4.78, 5) is 8.66. The van der Waals surface area contributed by atoms with Crippen molar-refractivity contribution in [1.82, 2.24) is 4.98 Å². The number of hydrogen-bond acceptors (Lipinski definition) is 5. The first kappa shape index (κ1) is 11.0. The van der Waals surface area contributed by atoms with Gasteiger partial charge in [0.2, 0.25) is 0 Å². The summed E-state index contributed by atoms with van der Waals surface area (Å²) in [6, 6.07) is 5.96. The molecule has 2 heterocycles. The lowest BCUT2D eigenvalue weighted by molar-refractivity contribution is 0.182. The van der Waals surface area contributed by atoms with Crippen LogP contribution in [0.15, 0.2) is 29.4 Å². The predicted octanol–water partition coefficient (Wildman–Crippen LogP) is 2.39. The van der Waals surface area contributed by atoms with Gasteiger partial charge in [0, 0.05) is 19.1 Å². The Labute approximate surface area is 97.7 Å². The second kappa shape index (κ2) is 5.53. The van der Waals surface area contributed by atoms with Gasteiger partial charge in [0.05, 0.1) is 12.2 Å².